The van der Waals surface area contributed by atoms with E-state index in [4.69, 9.17) is 23.8 Å². The van der Waals surface area contributed by atoms with Gasteiger partial charge in [-0.3, -0.25) is 9.69 Å². The highest BCUT2D eigenvalue weighted by atomic mass is 35.5. The lowest BCUT2D eigenvalue weighted by molar-refractivity contribution is -0.123. The summed E-state index contributed by atoms with van der Waals surface area (Å²) in [5, 5.41) is 0.193. The van der Waals surface area contributed by atoms with E-state index in [1.54, 1.807) is 0 Å². The van der Waals surface area contributed by atoms with Crippen LogP contribution in [0, 0.1) is 5.82 Å². The predicted octanol–water partition coefficient (Wildman–Crippen LogP) is 2.87. The van der Waals surface area contributed by atoms with Crippen LogP contribution in [-0.2, 0) is 14.6 Å². The lowest BCUT2D eigenvalue weighted by atomic mass is 10.2. The molecule has 1 aromatic carbocycles. The smallest absolute Gasteiger partial charge is 0.266 e. The third-order valence-corrected chi connectivity index (χ3v) is 7.08. The molecule has 3 rings (SSSR count). The highest BCUT2D eigenvalue weighted by Gasteiger charge is 2.42. The van der Waals surface area contributed by atoms with Crippen molar-refractivity contribution >= 4 is 61.7 Å². The summed E-state index contributed by atoms with van der Waals surface area (Å²) in [7, 11) is -3.13. The van der Waals surface area contributed by atoms with Crippen molar-refractivity contribution in [2.24, 2.45) is 0 Å². The fourth-order valence-electron chi connectivity index (χ4n) is 2.55. The maximum Gasteiger partial charge on any atom is 0.266 e. The lowest BCUT2D eigenvalue weighted by Crippen LogP contribution is -2.39. The average molecular weight is 392 g/mol. The molecule has 2 heterocycles. The summed E-state index contributed by atoms with van der Waals surface area (Å²) in [4.78, 5) is 14.1. The van der Waals surface area contributed by atoms with E-state index >= 15 is 0 Å². The molecule has 0 saturated carbocycles. The zero-order valence-corrected chi connectivity index (χ0v) is 14.9. The Kier molecular flexibility index (Phi) is 4.52. The second kappa shape index (κ2) is 6.16. The van der Waals surface area contributed by atoms with Crippen molar-refractivity contribution in [2.45, 2.75) is 12.5 Å². The molecule has 122 valence electrons. The summed E-state index contributed by atoms with van der Waals surface area (Å²) < 4.78 is 37.3. The molecule has 2 fully saturated rings. The Balaban J connectivity index is 1.91. The summed E-state index contributed by atoms with van der Waals surface area (Å²) in [5.74, 6) is -0.979. The maximum absolute atomic E-state index is 13.9. The molecule has 0 aromatic heterocycles. The van der Waals surface area contributed by atoms with Gasteiger partial charge in [0.2, 0.25) is 0 Å². The van der Waals surface area contributed by atoms with E-state index in [0.29, 0.717) is 6.42 Å². The Morgan fingerprint density at radius 1 is 1.43 bits per heavy atom. The number of thioether (sulfide) groups is 1. The SMILES string of the molecule is O=C1/C(=C/c2c(F)cccc2Cl)SC(=S)N1[C@@H]1CCS(=O)(=O)C1. The molecule has 2 aliphatic rings. The molecule has 23 heavy (non-hydrogen) atoms. The quantitative estimate of drug-likeness (QED) is 0.573. The topological polar surface area (TPSA) is 54.5 Å². The van der Waals surface area contributed by atoms with Crippen LogP contribution in [0.1, 0.15) is 12.0 Å². The van der Waals surface area contributed by atoms with E-state index < -0.39 is 27.6 Å². The fourth-order valence-corrected chi connectivity index (χ4v) is 5.85. The molecule has 0 radical (unpaired) electrons. The molecular formula is C14H11ClFNO3S3. The average Bonchev–Trinajstić information content (AvgIpc) is 2.94. The van der Waals surface area contributed by atoms with Gasteiger partial charge in [-0.1, -0.05) is 41.6 Å². The van der Waals surface area contributed by atoms with Crippen molar-refractivity contribution in [3.05, 3.63) is 39.5 Å². The monoisotopic (exact) mass is 391 g/mol. The minimum absolute atomic E-state index is 0.0485. The summed E-state index contributed by atoms with van der Waals surface area (Å²) >= 11 is 12.2. The Labute approximate surface area is 147 Å². The Bertz CT molecular complexity index is 817. The van der Waals surface area contributed by atoms with E-state index in [1.807, 2.05) is 0 Å². The molecular weight excluding hydrogens is 381 g/mol. The first kappa shape index (κ1) is 16.9. The molecule has 0 bridgehead atoms. The fraction of sp³-hybridized carbons (Fsp3) is 0.286. The molecule has 0 spiro atoms. The highest BCUT2D eigenvalue weighted by molar-refractivity contribution is 8.26. The number of nitrogens with zero attached hydrogens (tertiary/aromatic N) is 1. The van der Waals surface area contributed by atoms with Gasteiger partial charge in [-0.2, -0.15) is 0 Å². The zero-order chi connectivity index (χ0) is 16.8. The molecule has 1 atom stereocenters. The molecule has 0 aliphatic carbocycles. The number of carbonyl (C=O) groups excluding carboxylic acids is 1. The predicted molar refractivity (Wildman–Crippen MR) is 93.5 cm³/mol. The first-order valence-corrected chi connectivity index (χ1v) is 10.1. The molecule has 2 aliphatic heterocycles. The minimum atomic E-state index is -3.13. The number of hydrogen-bond donors (Lipinski definition) is 0. The van der Waals surface area contributed by atoms with E-state index in [2.05, 4.69) is 0 Å². The van der Waals surface area contributed by atoms with Gasteiger partial charge in [0, 0.05) is 5.56 Å². The molecule has 2 saturated heterocycles. The van der Waals surface area contributed by atoms with Crippen molar-refractivity contribution in [1.82, 2.24) is 4.90 Å². The van der Waals surface area contributed by atoms with Crippen LogP contribution >= 0.6 is 35.6 Å². The largest absolute Gasteiger partial charge is 0.289 e. The molecule has 1 aromatic rings. The third kappa shape index (κ3) is 3.31. The Morgan fingerprint density at radius 2 is 2.17 bits per heavy atom. The van der Waals surface area contributed by atoms with Crippen LogP contribution in [0.3, 0.4) is 0 Å². The lowest BCUT2D eigenvalue weighted by Gasteiger charge is -2.20. The van der Waals surface area contributed by atoms with Gasteiger partial charge in [0.05, 0.1) is 27.5 Å². The van der Waals surface area contributed by atoms with Crippen molar-refractivity contribution in [3.63, 3.8) is 0 Å². The standard InChI is InChI=1S/C14H11ClFNO3S3/c15-10-2-1-3-11(16)9(10)6-12-13(18)17(14(21)22-12)8-4-5-23(19,20)7-8/h1-3,6,8H,4-5,7H2/b12-6-/t8-/m1/s1. The highest BCUT2D eigenvalue weighted by Crippen LogP contribution is 2.37. The van der Waals surface area contributed by atoms with Gasteiger partial charge in [-0.05, 0) is 24.6 Å². The number of amides is 1. The van der Waals surface area contributed by atoms with Crippen LogP contribution in [0.15, 0.2) is 23.1 Å². The molecule has 1 amide bonds. The molecule has 0 unspecified atom stereocenters. The number of benzene rings is 1. The second-order valence-electron chi connectivity index (χ2n) is 5.24. The normalized spacial score (nSPS) is 25.6. The van der Waals surface area contributed by atoms with E-state index in [-0.39, 0.29) is 31.3 Å². The number of halogens is 2. The van der Waals surface area contributed by atoms with Crippen molar-refractivity contribution < 1.29 is 17.6 Å². The first-order chi connectivity index (χ1) is 10.8. The summed E-state index contributed by atoms with van der Waals surface area (Å²) in [5.41, 5.74) is 0.119. The Hall–Kier alpha value is -0.960. The summed E-state index contributed by atoms with van der Waals surface area (Å²) in [6.07, 6.45) is 1.73. The van der Waals surface area contributed by atoms with Crippen LogP contribution in [-0.4, -0.2) is 41.1 Å². The number of thiocarbonyl (C=S) groups is 1. The van der Waals surface area contributed by atoms with Gasteiger partial charge in [-0.15, -0.1) is 0 Å². The van der Waals surface area contributed by atoms with Gasteiger partial charge in [-0.25, -0.2) is 12.8 Å². The molecule has 0 N–H and O–H groups in total. The molecule has 9 heteroatoms. The first-order valence-electron chi connectivity index (χ1n) is 6.70. The van der Waals surface area contributed by atoms with Gasteiger partial charge in [0.1, 0.15) is 10.1 Å². The van der Waals surface area contributed by atoms with Gasteiger partial charge < -0.3 is 0 Å². The van der Waals surface area contributed by atoms with Crippen molar-refractivity contribution in [3.8, 4) is 0 Å². The number of rotatable bonds is 2. The van der Waals surface area contributed by atoms with Crippen LogP contribution in [0.2, 0.25) is 5.02 Å². The minimum Gasteiger partial charge on any atom is -0.289 e. The summed E-state index contributed by atoms with van der Waals surface area (Å²) in [6.45, 7) is 0. The number of carbonyl (C=O) groups is 1. The van der Waals surface area contributed by atoms with Crippen LogP contribution in [0.25, 0.3) is 6.08 Å². The molecule has 4 nitrogen and oxygen atoms in total. The summed E-state index contributed by atoms with van der Waals surface area (Å²) in [6, 6.07) is 3.81. The number of hydrogen-bond acceptors (Lipinski definition) is 5. The third-order valence-electron chi connectivity index (χ3n) is 3.67. The van der Waals surface area contributed by atoms with Gasteiger partial charge in [0.15, 0.2) is 9.84 Å². The van der Waals surface area contributed by atoms with Crippen LogP contribution < -0.4 is 0 Å². The maximum atomic E-state index is 13.9. The van der Waals surface area contributed by atoms with Crippen LogP contribution in [0.5, 0.6) is 0 Å². The van der Waals surface area contributed by atoms with Crippen molar-refractivity contribution in [1.29, 1.82) is 0 Å². The second-order valence-corrected chi connectivity index (χ2v) is 9.56. The number of sulfone groups is 1. The van der Waals surface area contributed by atoms with Crippen molar-refractivity contribution in [2.75, 3.05) is 11.5 Å². The van der Waals surface area contributed by atoms with E-state index in [1.165, 1.54) is 29.2 Å². The van der Waals surface area contributed by atoms with Crippen LogP contribution in [0.4, 0.5) is 4.39 Å². The van der Waals surface area contributed by atoms with Gasteiger partial charge in [0.25, 0.3) is 5.91 Å². The zero-order valence-electron chi connectivity index (χ0n) is 11.7. The van der Waals surface area contributed by atoms with E-state index in [9.17, 15) is 17.6 Å². The van der Waals surface area contributed by atoms with E-state index in [0.717, 1.165) is 11.8 Å². The van der Waals surface area contributed by atoms with Gasteiger partial charge >= 0.3 is 0 Å². The Morgan fingerprint density at radius 3 is 2.78 bits per heavy atom.